The fourth-order valence-corrected chi connectivity index (χ4v) is 1.23. The zero-order valence-electron chi connectivity index (χ0n) is 7.50. The fraction of sp³-hybridized carbons (Fsp3) is 0.333. The van der Waals surface area contributed by atoms with Crippen LogP contribution in [0.4, 0.5) is 17.6 Å². The van der Waals surface area contributed by atoms with Crippen molar-refractivity contribution in [3.05, 3.63) is 34.4 Å². The van der Waals surface area contributed by atoms with E-state index in [0.29, 0.717) is 0 Å². The van der Waals surface area contributed by atoms with Gasteiger partial charge in [0.1, 0.15) is 0 Å². The van der Waals surface area contributed by atoms with E-state index in [1.165, 1.54) is 6.92 Å². The SMILES string of the molecule is Cc1c(F)c(F)c(F)c(F)c1CCN. The number of hydrogen-bond acceptors (Lipinski definition) is 1. The van der Waals surface area contributed by atoms with Crippen molar-refractivity contribution in [1.29, 1.82) is 0 Å². The van der Waals surface area contributed by atoms with E-state index in [-0.39, 0.29) is 24.1 Å². The average molecular weight is 207 g/mol. The predicted molar refractivity (Wildman–Crippen MR) is 43.8 cm³/mol. The summed E-state index contributed by atoms with van der Waals surface area (Å²) in [5.41, 5.74) is 4.70. The van der Waals surface area contributed by atoms with Crippen molar-refractivity contribution in [3.63, 3.8) is 0 Å². The highest BCUT2D eigenvalue weighted by molar-refractivity contribution is 5.31. The lowest BCUT2D eigenvalue weighted by Gasteiger charge is -2.08. The number of nitrogens with two attached hydrogens (primary N) is 1. The molecule has 1 rings (SSSR count). The molecule has 1 aromatic carbocycles. The molecule has 0 aliphatic rings. The van der Waals surface area contributed by atoms with E-state index in [0.717, 1.165) is 0 Å². The van der Waals surface area contributed by atoms with Crippen molar-refractivity contribution in [2.45, 2.75) is 13.3 Å². The van der Waals surface area contributed by atoms with Crippen LogP contribution in [0.5, 0.6) is 0 Å². The van der Waals surface area contributed by atoms with E-state index < -0.39 is 23.3 Å². The molecule has 0 radical (unpaired) electrons. The van der Waals surface area contributed by atoms with Crippen LogP contribution in [-0.4, -0.2) is 6.54 Å². The minimum Gasteiger partial charge on any atom is -0.330 e. The molecule has 14 heavy (non-hydrogen) atoms. The molecule has 5 heteroatoms. The molecule has 0 atom stereocenters. The molecule has 0 fully saturated rings. The van der Waals surface area contributed by atoms with E-state index in [1.54, 1.807) is 0 Å². The average Bonchev–Trinajstić information content (AvgIpc) is 2.19. The number of halogens is 4. The zero-order valence-corrected chi connectivity index (χ0v) is 7.50. The highest BCUT2D eigenvalue weighted by Gasteiger charge is 2.21. The van der Waals surface area contributed by atoms with Gasteiger partial charge in [0.05, 0.1) is 0 Å². The summed E-state index contributed by atoms with van der Waals surface area (Å²) in [5, 5.41) is 0. The summed E-state index contributed by atoms with van der Waals surface area (Å²) in [6.45, 7) is 1.23. The summed E-state index contributed by atoms with van der Waals surface area (Å²) in [6, 6.07) is 0. The van der Waals surface area contributed by atoms with Gasteiger partial charge in [-0.1, -0.05) is 0 Å². The van der Waals surface area contributed by atoms with E-state index in [2.05, 4.69) is 0 Å². The summed E-state index contributed by atoms with van der Waals surface area (Å²) in [7, 11) is 0. The maximum atomic E-state index is 13.1. The maximum absolute atomic E-state index is 13.1. The van der Waals surface area contributed by atoms with Crippen molar-refractivity contribution < 1.29 is 17.6 Å². The first-order chi connectivity index (χ1) is 6.50. The second-order valence-electron chi connectivity index (χ2n) is 2.90. The quantitative estimate of drug-likeness (QED) is 0.448. The normalized spacial score (nSPS) is 10.7. The van der Waals surface area contributed by atoms with Crippen LogP contribution in [0.3, 0.4) is 0 Å². The topological polar surface area (TPSA) is 26.0 Å². The zero-order chi connectivity index (χ0) is 10.9. The van der Waals surface area contributed by atoms with Gasteiger partial charge in [0.2, 0.25) is 0 Å². The van der Waals surface area contributed by atoms with Gasteiger partial charge in [0, 0.05) is 0 Å². The Balaban J connectivity index is 3.43. The summed E-state index contributed by atoms with van der Waals surface area (Å²) in [5.74, 6) is -6.27. The van der Waals surface area contributed by atoms with Crippen molar-refractivity contribution in [2.24, 2.45) is 5.73 Å². The van der Waals surface area contributed by atoms with Crippen molar-refractivity contribution in [2.75, 3.05) is 6.54 Å². The third-order valence-corrected chi connectivity index (χ3v) is 2.02. The highest BCUT2D eigenvalue weighted by atomic mass is 19.2. The molecule has 0 heterocycles. The third kappa shape index (κ3) is 1.59. The molecule has 1 aromatic rings. The Bertz CT molecular complexity index is 333. The molecule has 1 nitrogen and oxygen atoms in total. The van der Waals surface area contributed by atoms with Crippen molar-refractivity contribution >= 4 is 0 Å². The standard InChI is InChI=1S/C9H9F4N/c1-4-5(2-3-14)7(11)9(13)8(12)6(4)10/h2-3,14H2,1H3. The first-order valence-corrected chi connectivity index (χ1v) is 4.02. The van der Waals surface area contributed by atoms with Gasteiger partial charge in [0.15, 0.2) is 23.3 Å². The van der Waals surface area contributed by atoms with Crippen molar-refractivity contribution in [1.82, 2.24) is 0 Å². The molecule has 0 saturated carbocycles. The summed E-state index contributed by atoms with van der Waals surface area (Å²) in [6.07, 6.45) is -0.0220. The van der Waals surface area contributed by atoms with Crippen molar-refractivity contribution in [3.8, 4) is 0 Å². The van der Waals surface area contributed by atoms with E-state index in [9.17, 15) is 17.6 Å². The lowest BCUT2D eigenvalue weighted by atomic mass is 10.0. The summed E-state index contributed by atoms with van der Waals surface area (Å²) < 4.78 is 51.4. The minimum atomic E-state index is -1.78. The Labute approximate surface area is 78.5 Å². The smallest absolute Gasteiger partial charge is 0.197 e. The van der Waals surface area contributed by atoms with Crippen LogP contribution in [0.2, 0.25) is 0 Å². The fourth-order valence-electron chi connectivity index (χ4n) is 1.23. The molecule has 0 aromatic heterocycles. The lowest BCUT2D eigenvalue weighted by Crippen LogP contribution is -2.11. The predicted octanol–water partition coefficient (Wildman–Crippen LogP) is 2.05. The maximum Gasteiger partial charge on any atom is 0.197 e. The molecule has 0 amide bonds. The van der Waals surface area contributed by atoms with Crippen LogP contribution in [0.25, 0.3) is 0 Å². The second kappa shape index (κ2) is 3.96. The van der Waals surface area contributed by atoms with Crippen LogP contribution in [0, 0.1) is 30.2 Å². The van der Waals surface area contributed by atoms with Gasteiger partial charge >= 0.3 is 0 Å². The van der Waals surface area contributed by atoms with E-state index in [4.69, 9.17) is 5.73 Å². The lowest BCUT2D eigenvalue weighted by molar-refractivity contribution is 0.400. The number of rotatable bonds is 2. The Kier molecular flexibility index (Phi) is 3.10. The Morgan fingerprint density at radius 3 is 1.93 bits per heavy atom. The molecule has 0 spiro atoms. The molecular weight excluding hydrogens is 198 g/mol. The van der Waals surface area contributed by atoms with Gasteiger partial charge in [-0.3, -0.25) is 0 Å². The minimum absolute atomic E-state index is 0.0220. The van der Waals surface area contributed by atoms with Gasteiger partial charge in [0.25, 0.3) is 0 Å². The van der Waals surface area contributed by atoms with Gasteiger partial charge in [-0.05, 0) is 31.0 Å². The van der Waals surface area contributed by atoms with Crippen LogP contribution in [0.15, 0.2) is 0 Å². The van der Waals surface area contributed by atoms with E-state index >= 15 is 0 Å². The van der Waals surface area contributed by atoms with Gasteiger partial charge in [-0.2, -0.15) is 0 Å². The third-order valence-electron chi connectivity index (χ3n) is 2.02. The molecular formula is C9H9F4N. The molecule has 2 N–H and O–H groups in total. The van der Waals surface area contributed by atoms with Crippen LogP contribution in [-0.2, 0) is 6.42 Å². The monoisotopic (exact) mass is 207 g/mol. The Morgan fingerprint density at radius 1 is 0.929 bits per heavy atom. The molecule has 0 aliphatic carbocycles. The second-order valence-corrected chi connectivity index (χ2v) is 2.90. The molecule has 0 aliphatic heterocycles. The first-order valence-electron chi connectivity index (χ1n) is 4.02. The number of hydrogen-bond donors (Lipinski definition) is 1. The molecule has 0 unspecified atom stereocenters. The summed E-state index contributed by atoms with van der Waals surface area (Å²) >= 11 is 0. The summed E-state index contributed by atoms with van der Waals surface area (Å²) in [4.78, 5) is 0. The molecule has 0 saturated heterocycles. The first kappa shape index (κ1) is 11.0. The largest absolute Gasteiger partial charge is 0.330 e. The van der Waals surface area contributed by atoms with E-state index in [1.807, 2.05) is 0 Å². The number of benzene rings is 1. The van der Waals surface area contributed by atoms with Gasteiger partial charge in [-0.25, -0.2) is 17.6 Å². The highest BCUT2D eigenvalue weighted by Crippen LogP contribution is 2.23. The van der Waals surface area contributed by atoms with Gasteiger partial charge in [-0.15, -0.1) is 0 Å². The Morgan fingerprint density at radius 2 is 1.43 bits per heavy atom. The molecule has 78 valence electrons. The van der Waals surface area contributed by atoms with Crippen LogP contribution < -0.4 is 5.73 Å². The Hall–Kier alpha value is -1.10. The molecule has 0 bridgehead atoms. The van der Waals surface area contributed by atoms with Gasteiger partial charge < -0.3 is 5.73 Å². The van der Waals surface area contributed by atoms with Crippen LogP contribution in [0.1, 0.15) is 11.1 Å². The van der Waals surface area contributed by atoms with Crippen LogP contribution >= 0.6 is 0 Å².